The molecule has 0 radical (unpaired) electrons. The predicted molar refractivity (Wildman–Crippen MR) is 129 cm³/mol. The maximum atomic E-state index is 13.8. The van der Waals surface area contributed by atoms with Crippen LogP contribution in [0.25, 0.3) is 10.2 Å². The Labute approximate surface area is 201 Å². The molecule has 170 valence electrons. The van der Waals surface area contributed by atoms with Gasteiger partial charge in [-0.15, -0.1) is 0 Å². The summed E-state index contributed by atoms with van der Waals surface area (Å²) < 4.78 is 18.1. The van der Waals surface area contributed by atoms with Crippen molar-refractivity contribution in [3.63, 3.8) is 0 Å². The molecule has 0 N–H and O–H groups in total. The summed E-state index contributed by atoms with van der Waals surface area (Å²) in [6, 6.07) is 10.5. The van der Waals surface area contributed by atoms with Crippen LogP contribution in [0.4, 0.5) is 5.13 Å². The molecule has 1 atom stereocenters. The third-order valence-corrected chi connectivity index (χ3v) is 7.05. The molecular formula is C23H24Cl2N2O4S. The van der Waals surface area contributed by atoms with E-state index in [2.05, 4.69) is 0 Å². The highest BCUT2D eigenvalue weighted by molar-refractivity contribution is 7.23. The van der Waals surface area contributed by atoms with Crippen molar-refractivity contribution in [2.75, 3.05) is 25.2 Å². The van der Waals surface area contributed by atoms with E-state index in [0.717, 1.165) is 17.5 Å². The molecule has 4 rings (SSSR count). The Morgan fingerprint density at radius 2 is 2.00 bits per heavy atom. The van der Waals surface area contributed by atoms with Gasteiger partial charge >= 0.3 is 0 Å². The lowest BCUT2D eigenvalue weighted by molar-refractivity contribution is -0.131. The van der Waals surface area contributed by atoms with Crippen molar-refractivity contribution in [1.82, 2.24) is 4.98 Å². The molecule has 2 heterocycles. The molecule has 1 saturated heterocycles. The number of amides is 1. The first-order valence-electron chi connectivity index (χ1n) is 10.3. The third kappa shape index (κ3) is 4.81. The van der Waals surface area contributed by atoms with Crippen LogP contribution in [0.2, 0.25) is 10.0 Å². The summed E-state index contributed by atoms with van der Waals surface area (Å²) in [6.07, 6.45) is 1.79. The number of hydrogen-bond acceptors (Lipinski definition) is 6. The second-order valence-electron chi connectivity index (χ2n) is 8.04. The van der Waals surface area contributed by atoms with Crippen molar-refractivity contribution in [3.05, 3.63) is 46.4 Å². The number of nitrogens with zero attached hydrogens (tertiary/aromatic N) is 2. The van der Waals surface area contributed by atoms with E-state index in [1.54, 1.807) is 62.3 Å². The normalized spacial score (nSPS) is 16.3. The Balaban J connectivity index is 1.70. The number of anilines is 1. The Morgan fingerprint density at radius 3 is 2.66 bits per heavy atom. The van der Waals surface area contributed by atoms with Gasteiger partial charge in [0.2, 0.25) is 0 Å². The number of ether oxygens (including phenoxy) is 3. The van der Waals surface area contributed by atoms with Gasteiger partial charge in [0.15, 0.2) is 10.7 Å². The average molecular weight is 495 g/mol. The zero-order chi connectivity index (χ0) is 22.9. The van der Waals surface area contributed by atoms with Crippen molar-refractivity contribution in [3.8, 4) is 11.5 Å². The molecule has 1 aliphatic heterocycles. The second-order valence-corrected chi connectivity index (χ2v) is 9.86. The van der Waals surface area contributed by atoms with Crippen LogP contribution >= 0.6 is 34.5 Å². The van der Waals surface area contributed by atoms with Gasteiger partial charge in [0.25, 0.3) is 5.91 Å². The summed E-state index contributed by atoms with van der Waals surface area (Å²) >= 11 is 13.7. The van der Waals surface area contributed by atoms with Crippen LogP contribution in [-0.2, 0) is 9.53 Å². The lowest BCUT2D eigenvalue weighted by Gasteiger charge is -2.32. The van der Waals surface area contributed by atoms with Crippen molar-refractivity contribution >= 4 is 55.8 Å². The number of methoxy groups -OCH3 is 1. The minimum Gasteiger partial charge on any atom is -0.494 e. The molecule has 1 fully saturated rings. The van der Waals surface area contributed by atoms with E-state index >= 15 is 0 Å². The summed E-state index contributed by atoms with van der Waals surface area (Å²) in [5.74, 6) is 0.934. The Morgan fingerprint density at radius 1 is 1.25 bits per heavy atom. The molecule has 32 heavy (non-hydrogen) atoms. The molecule has 1 amide bonds. The predicted octanol–water partition coefficient (Wildman–Crippen LogP) is 5.98. The Hall–Kier alpha value is -2.06. The molecule has 0 saturated carbocycles. The number of rotatable bonds is 7. The van der Waals surface area contributed by atoms with Crippen LogP contribution in [0.1, 0.15) is 26.7 Å². The highest BCUT2D eigenvalue weighted by Gasteiger charge is 2.38. The summed E-state index contributed by atoms with van der Waals surface area (Å²) in [5, 5.41) is 1.69. The molecule has 0 bridgehead atoms. The van der Waals surface area contributed by atoms with Gasteiger partial charge in [-0.1, -0.05) is 34.5 Å². The molecule has 2 aromatic carbocycles. The zero-order valence-corrected chi connectivity index (χ0v) is 20.4. The monoisotopic (exact) mass is 494 g/mol. The van der Waals surface area contributed by atoms with Gasteiger partial charge in [-0.3, -0.25) is 9.69 Å². The fourth-order valence-electron chi connectivity index (χ4n) is 3.63. The minimum absolute atomic E-state index is 0.0605. The summed E-state index contributed by atoms with van der Waals surface area (Å²) in [6.45, 7) is 4.56. The van der Waals surface area contributed by atoms with E-state index in [4.69, 9.17) is 42.4 Å². The number of hydrogen-bond donors (Lipinski definition) is 0. The highest BCUT2D eigenvalue weighted by atomic mass is 35.5. The Bertz CT molecular complexity index is 1110. The lowest BCUT2D eigenvalue weighted by atomic mass is 10.1. The van der Waals surface area contributed by atoms with Crippen LogP contribution in [0.15, 0.2) is 36.4 Å². The first-order valence-corrected chi connectivity index (χ1v) is 11.9. The maximum Gasteiger partial charge on any atom is 0.272 e. The topological polar surface area (TPSA) is 60.9 Å². The molecule has 1 aliphatic rings. The molecule has 6 nitrogen and oxygen atoms in total. The number of thiazole rings is 1. The average Bonchev–Trinajstić information content (AvgIpc) is 3.44. The first-order chi connectivity index (χ1) is 15.3. The fourth-order valence-corrected chi connectivity index (χ4v) is 5.02. The number of aromatic nitrogens is 1. The maximum absolute atomic E-state index is 13.8. The Kier molecular flexibility index (Phi) is 6.81. The molecule has 1 aromatic heterocycles. The van der Waals surface area contributed by atoms with Crippen molar-refractivity contribution in [1.29, 1.82) is 0 Å². The summed E-state index contributed by atoms with van der Waals surface area (Å²) in [5.41, 5.74) is -0.528. The summed E-state index contributed by atoms with van der Waals surface area (Å²) in [7, 11) is 1.58. The third-order valence-electron chi connectivity index (χ3n) is 5.26. The largest absolute Gasteiger partial charge is 0.494 e. The number of benzene rings is 2. The molecule has 9 heteroatoms. The van der Waals surface area contributed by atoms with Gasteiger partial charge < -0.3 is 14.2 Å². The van der Waals surface area contributed by atoms with Crippen molar-refractivity contribution in [2.45, 2.75) is 38.4 Å². The van der Waals surface area contributed by atoms with Gasteiger partial charge in [0.05, 0.1) is 29.5 Å². The zero-order valence-electron chi connectivity index (χ0n) is 18.1. The van der Waals surface area contributed by atoms with Crippen LogP contribution in [0.5, 0.6) is 11.5 Å². The molecule has 3 aromatic rings. The van der Waals surface area contributed by atoms with Gasteiger partial charge in [-0.2, -0.15) is 0 Å². The second kappa shape index (κ2) is 9.43. The van der Waals surface area contributed by atoms with Gasteiger partial charge in [-0.25, -0.2) is 4.98 Å². The SMILES string of the molecule is COc1ccc(Cl)c2sc(N(CC3CCCO3)C(=O)C(C)(C)Oc3ccc(Cl)cc3)nc12. The molecule has 0 aliphatic carbocycles. The van der Waals surface area contributed by atoms with Crippen LogP contribution < -0.4 is 14.4 Å². The van der Waals surface area contributed by atoms with E-state index < -0.39 is 5.60 Å². The minimum atomic E-state index is -1.15. The number of carbonyl (C=O) groups excluding carboxylic acids is 1. The quantitative estimate of drug-likeness (QED) is 0.404. The highest BCUT2D eigenvalue weighted by Crippen LogP contribution is 2.39. The van der Waals surface area contributed by atoms with Crippen molar-refractivity contribution in [2.24, 2.45) is 0 Å². The smallest absolute Gasteiger partial charge is 0.272 e. The van der Waals surface area contributed by atoms with Gasteiger partial charge in [0.1, 0.15) is 17.0 Å². The van der Waals surface area contributed by atoms with E-state index in [9.17, 15) is 4.79 Å². The molecule has 1 unspecified atom stereocenters. The van der Waals surface area contributed by atoms with E-state index in [1.165, 1.54) is 11.3 Å². The van der Waals surface area contributed by atoms with Crippen LogP contribution in [0.3, 0.4) is 0 Å². The standard InChI is InChI=1S/C23H24Cl2N2O4S/c1-23(2,31-15-8-6-14(24)7-9-15)21(28)27(13-16-5-4-12-30-16)22-26-19-18(29-3)11-10-17(25)20(19)32-22/h6-11,16H,4-5,12-13H2,1-3H3. The van der Waals surface area contributed by atoms with Gasteiger partial charge in [-0.05, 0) is 63.1 Å². The van der Waals surface area contributed by atoms with E-state index in [-0.39, 0.29) is 12.0 Å². The molecular weight excluding hydrogens is 471 g/mol. The lowest BCUT2D eigenvalue weighted by Crippen LogP contribution is -2.51. The number of halogens is 2. The van der Waals surface area contributed by atoms with E-state index in [1.807, 2.05) is 0 Å². The van der Waals surface area contributed by atoms with E-state index in [0.29, 0.717) is 45.3 Å². The van der Waals surface area contributed by atoms with Crippen LogP contribution in [0, 0.1) is 0 Å². The van der Waals surface area contributed by atoms with Gasteiger partial charge in [0, 0.05) is 11.6 Å². The first kappa shape index (κ1) is 23.1. The summed E-state index contributed by atoms with van der Waals surface area (Å²) in [4.78, 5) is 20.1. The number of fused-ring (bicyclic) bond motifs is 1. The molecule has 0 spiro atoms. The number of carbonyl (C=O) groups is 1. The fraction of sp³-hybridized carbons (Fsp3) is 0.391. The van der Waals surface area contributed by atoms with Crippen LogP contribution in [-0.4, -0.2) is 42.9 Å². The van der Waals surface area contributed by atoms with Crippen molar-refractivity contribution < 1.29 is 19.0 Å².